The topological polar surface area (TPSA) is 114 Å². The van der Waals surface area contributed by atoms with Crippen molar-refractivity contribution >= 4 is 16.0 Å². The van der Waals surface area contributed by atoms with E-state index in [0.717, 1.165) is 0 Å². The average Bonchev–Trinajstić information content (AvgIpc) is 2.64. The highest BCUT2D eigenvalue weighted by Crippen LogP contribution is 2.25. The molecule has 0 aromatic heterocycles. The largest absolute Gasteiger partial charge is 0.497 e. The quantitative estimate of drug-likeness (QED) is 0.545. The molecule has 0 atom stereocenters. The highest BCUT2D eigenvalue weighted by molar-refractivity contribution is 7.89. The first-order chi connectivity index (χ1) is 12.3. The molecule has 0 spiro atoms. The molecule has 0 heterocycles. The van der Waals surface area contributed by atoms with Gasteiger partial charge in [0.1, 0.15) is 36.0 Å². The second kappa shape index (κ2) is 8.54. The lowest BCUT2D eigenvalue weighted by Crippen LogP contribution is -2.14. The van der Waals surface area contributed by atoms with Crippen LogP contribution in [0.25, 0.3) is 0 Å². The zero-order chi connectivity index (χ0) is 19.2. The van der Waals surface area contributed by atoms with Crippen molar-refractivity contribution in [1.29, 1.82) is 0 Å². The van der Waals surface area contributed by atoms with E-state index < -0.39 is 16.0 Å². The molecule has 26 heavy (non-hydrogen) atoms. The SMILES string of the molecule is COc1ccc(C(=O)OCCOc2ccc(S(N)(=O)=O)cc2)c(OC)c1. The Kier molecular flexibility index (Phi) is 6.42. The van der Waals surface area contributed by atoms with E-state index in [4.69, 9.17) is 24.1 Å². The van der Waals surface area contributed by atoms with E-state index in [0.29, 0.717) is 17.2 Å². The van der Waals surface area contributed by atoms with Crippen LogP contribution in [0.2, 0.25) is 0 Å². The summed E-state index contributed by atoms with van der Waals surface area (Å²) >= 11 is 0. The number of rotatable bonds is 8. The summed E-state index contributed by atoms with van der Waals surface area (Å²) in [6.07, 6.45) is 0. The molecule has 0 bridgehead atoms. The van der Waals surface area contributed by atoms with E-state index in [1.807, 2.05) is 0 Å². The van der Waals surface area contributed by atoms with E-state index in [-0.39, 0.29) is 23.7 Å². The number of esters is 1. The Hall–Kier alpha value is -2.78. The molecule has 0 saturated heterocycles. The minimum Gasteiger partial charge on any atom is -0.497 e. The van der Waals surface area contributed by atoms with Crippen molar-refractivity contribution in [2.24, 2.45) is 5.14 Å². The zero-order valence-corrected chi connectivity index (χ0v) is 15.1. The van der Waals surface area contributed by atoms with Crippen LogP contribution in [0.1, 0.15) is 10.4 Å². The first-order valence-electron chi connectivity index (χ1n) is 7.50. The maximum absolute atomic E-state index is 12.1. The average molecular weight is 381 g/mol. The molecule has 0 aliphatic rings. The van der Waals surface area contributed by atoms with Crippen LogP contribution in [0.3, 0.4) is 0 Å². The lowest BCUT2D eigenvalue weighted by Gasteiger charge is -2.11. The molecule has 0 saturated carbocycles. The Morgan fingerprint density at radius 2 is 1.62 bits per heavy atom. The highest BCUT2D eigenvalue weighted by Gasteiger charge is 2.14. The van der Waals surface area contributed by atoms with Gasteiger partial charge in [-0.3, -0.25) is 0 Å². The van der Waals surface area contributed by atoms with Crippen molar-refractivity contribution in [1.82, 2.24) is 0 Å². The van der Waals surface area contributed by atoms with Gasteiger partial charge in [0.15, 0.2) is 0 Å². The summed E-state index contributed by atoms with van der Waals surface area (Å²) in [6.45, 7) is 0.101. The van der Waals surface area contributed by atoms with Crippen LogP contribution in [-0.4, -0.2) is 41.8 Å². The van der Waals surface area contributed by atoms with Crippen LogP contribution in [0.4, 0.5) is 0 Å². The summed E-state index contributed by atoms with van der Waals surface area (Å²) in [7, 11) is -0.786. The molecule has 0 aliphatic carbocycles. The smallest absolute Gasteiger partial charge is 0.342 e. The van der Waals surface area contributed by atoms with Gasteiger partial charge in [0, 0.05) is 6.07 Å². The van der Waals surface area contributed by atoms with Gasteiger partial charge in [0.05, 0.1) is 19.1 Å². The lowest BCUT2D eigenvalue weighted by atomic mass is 10.2. The highest BCUT2D eigenvalue weighted by atomic mass is 32.2. The van der Waals surface area contributed by atoms with Crippen molar-refractivity contribution in [2.75, 3.05) is 27.4 Å². The summed E-state index contributed by atoms with van der Waals surface area (Å²) in [5.41, 5.74) is 0.269. The van der Waals surface area contributed by atoms with E-state index >= 15 is 0 Å². The molecule has 9 heteroatoms. The van der Waals surface area contributed by atoms with E-state index in [2.05, 4.69) is 0 Å². The second-order valence-electron chi connectivity index (χ2n) is 5.07. The molecule has 0 fully saturated rings. The fourth-order valence-corrected chi connectivity index (χ4v) is 2.58. The number of sulfonamides is 1. The number of hydrogen-bond donors (Lipinski definition) is 1. The number of nitrogens with two attached hydrogens (primary N) is 1. The van der Waals surface area contributed by atoms with Gasteiger partial charge in [-0.2, -0.15) is 0 Å². The molecular weight excluding hydrogens is 362 g/mol. The number of carbonyl (C=O) groups is 1. The summed E-state index contributed by atoms with van der Waals surface area (Å²) in [6, 6.07) is 10.4. The number of primary sulfonamides is 1. The Labute approximate surface area is 151 Å². The van der Waals surface area contributed by atoms with Gasteiger partial charge in [0.2, 0.25) is 10.0 Å². The Balaban J connectivity index is 1.87. The van der Waals surface area contributed by atoms with Gasteiger partial charge < -0.3 is 18.9 Å². The van der Waals surface area contributed by atoms with Gasteiger partial charge in [-0.15, -0.1) is 0 Å². The standard InChI is InChI=1S/C17H19NO7S/c1-22-13-5-8-15(16(11-13)23-2)17(19)25-10-9-24-12-3-6-14(7-4-12)26(18,20)21/h3-8,11H,9-10H2,1-2H3,(H2,18,20,21). The van der Waals surface area contributed by atoms with Crippen molar-refractivity contribution in [3.63, 3.8) is 0 Å². The summed E-state index contributed by atoms with van der Waals surface area (Å²) < 4.78 is 43.1. The predicted molar refractivity (Wildman–Crippen MR) is 93.1 cm³/mol. The zero-order valence-electron chi connectivity index (χ0n) is 14.3. The van der Waals surface area contributed by atoms with Crippen molar-refractivity contribution in [3.8, 4) is 17.2 Å². The number of carbonyl (C=O) groups excluding carboxylic acids is 1. The molecule has 140 valence electrons. The molecule has 0 aliphatic heterocycles. The maximum atomic E-state index is 12.1. The van der Waals surface area contributed by atoms with E-state index in [1.165, 1.54) is 38.5 Å². The molecule has 0 amide bonds. The third-order valence-corrected chi connectivity index (χ3v) is 4.30. The maximum Gasteiger partial charge on any atom is 0.342 e. The normalized spacial score (nSPS) is 10.9. The molecule has 2 aromatic rings. The fourth-order valence-electron chi connectivity index (χ4n) is 2.06. The molecule has 8 nitrogen and oxygen atoms in total. The number of ether oxygens (including phenoxy) is 4. The van der Waals surface area contributed by atoms with Crippen LogP contribution in [0, 0.1) is 0 Å². The Bertz CT molecular complexity index is 863. The van der Waals surface area contributed by atoms with Crippen LogP contribution < -0.4 is 19.3 Å². The minimum absolute atomic E-state index is 0.00492. The number of methoxy groups -OCH3 is 2. The van der Waals surface area contributed by atoms with Crippen molar-refractivity contribution in [2.45, 2.75) is 4.90 Å². The van der Waals surface area contributed by atoms with Crippen molar-refractivity contribution < 1.29 is 32.2 Å². The van der Waals surface area contributed by atoms with Gasteiger partial charge in [0.25, 0.3) is 0 Å². The monoisotopic (exact) mass is 381 g/mol. The molecular formula is C17H19NO7S. The van der Waals surface area contributed by atoms with Gasteiger partial charge >= 0.3 is 5.97 Å². The van der Waals surface area contributed by atoms with Gasteiger partial charge in [-0.05, 0) is 36.4 Å². The van der Waals surface area contributed by atoms with Gasteiger partial charge in [-0.25, -0.2) is 18.4 Å². The Morgan fingerprint density at radius 1 is 0.962 bits per heavy atom. The van der Waals surface area contributed by atoms with Crippen LogP contribution in [0.15, 0.2) is 47.4 Å². The van der Waals surface area contributed by atoms with E-state index in [1.54, 1.807) is 18.2 Å². The summed E-state index contributed by atoms with van der Waals surface area (Å²) in [4.78, 5) is 12.1. The molecule has 2 N–H and O–H groups in total. The minimum atomic E-state index is -3.74. The molecule has 0 radical (unpaired) electrons. The third kappa shape index (κ3) is 5.11. The summed E-state index contributed by atoms with van der Waals surface area (Å²) in [5, 5.41) is 5.01. The first kappa shape index (κ1) is 19.5. The van der Waals surface area contributed by atoms with Crippen molar-refractivity contribution in [3.05, 3.63) is 48.0 Å². The summed E-state index contributed by atoms with van der Waals surface area (Å²) in [5.74, 6) is 0.770. The second-order valence-corrected chi connectivity index (χ2v) is 6.63. The van der Waals surface area contributed by atoms with Crippen LogP contribution >= 0.6 is 0 Å². The lowest BCUT2D eigenvalue weighted by molar-refractivity contribution is 0.0447. The Morgan fingerprint density at radius 3 is 2.19 bits per heavy atom. The van der Waals surface area contributed by atoms with Crippen LogP contribution in [0.5, 0.6) is 17.2 Å². The number of hydrogen-bond acceptors (Lipinski definition) is 7. The molecule has 2 rings (SSSR count). The number of benzene rings is 2. The fraction of sp³-hybridized carbons (Fsp3) is 0.235. The van der Waals surface area contributed by atoms with E-state index in [9.17, 15) is 13.2 Å². The predicted octanol–water partition coefficient (Wildman–Crippen LogP) is 1.59. The first-order valence-corrected chi connectivity index (χ1v) is 9.04. The third-order valence-electron chi connectivity index (χ3n) is 3.37. The molecule has 2 aromatic carbocycles. The van der Waals surface area contributed by atoms with Gasteiger partial charge in [-0.1, -0.05) is 0 Å². The van der Waals surface area contributed by atoms with Crippen LogP contribution in [-0.2, 0) is 14.8 Å². The molecule has 0 unspecified atom stereocenters.